The zero-order valence-corrected chi connectivity index (χ0v) is 10.3. The van der Waals surface area contributed by atoms with Gasteiger partial charge < -0.3 is 5.43 Å². The highest BCUT2D eigenvalue weighted by atomic mass is 15.4. The van der Waals surface area contributed by atoms with Gasteiger partial charge in [-0.2, -0.15) is 0 Å². The smallest absolute Gasteiger partial charge is 0.157 e. The van der Waals surface area contributed by atoms with E-state index in [1.165, 1.54) is 0 Å². The third-order valence-electron chi connectivity index (χ3n) is 2.68. The molecule has 1 aromatic heterocycles. The summed E-state index contributed by atoms with van der Waals surface area (Å²) in [6.07, 6.45) is 0. The highest BCUT2D eigenvalue weighted by Gasteiger charge is 2.17. The molecule has 2 N–H and O–H groups in total. The molecule has 0 aromatic carbocycles. The van der Waals surface area contributed by atoms with Crippen molar-refractivity contribution in [1.29, 1.82) is 0 Å². The third kappa shape index (κ3) is 1.64. The molecule has 0 aliphatic carbocycles. The summed E-state index contributed by atoms with van der Waals surface area (Å²) in [5, 5.41) is 1.83. The molecule has 0 atom stereocenters. The van der Waals surface area contributed by atoms with Gasteiger partial charge in [-0.3, -0.25) is 5.43 Å². The van der Waals surface area contributed by atoms with Crippen LogP contribution in [0.1, 0.15) is 39.4 Å². The summed E-state index contributed by atoms with van der Waals surface area (Å²) < 4.78 is 0. The molecule has 0 unspecified atom stereocenters. The van der Waals surface area contributed by atoms with Crippen molar-refractivity contribution in [3.8, 4) is 0 Å². The van der Waals surface area contributed by atoms with Gasteiger partial charge in [0.15, 0.2) is 5.82 Å². The van der Waals surface area contributed by atoms with E-state index in [0.29, 0.717) is 11.8 Å². The first-order valence-corrected chi connectivity index (χ1v) is 5.63. The summed E-state index contributed by atoms with van der Waals surface area (Å²) in [6.45, 7) is 12.4. The van der Waals surface area contributed by atoms with Crippen LogP contribution in [0.5, 0.6) is 0 Å². The van der Waals surface area contributed by atoms with E-state index in [1.54, 1.807) is 0 Å². The highest BCUT2D eigenvalue weighted by molar-refractivity contribution is 5.59. The Morgan fingerprint density at radius 1 is 1.00 bits per heavy atom. The zero-order valence-electron chi connectivity index (χ0n) is 10.3. The second kappa shape index (κ2) is 3.77. The van der Waals surface area contributed by atoms with Crippen LogP contribution in [0, 0.1) is 5.92 Å². The molecule has 2 rings (SSSR count). The van der Waals surface area contributed by atoms with Gasteiger partial charge in [0, 0.05) is 11.6 Å². The molecule has 0 bridgehead atoms. The summed E-state index contributed by atoms with van der Waals surface area (Å²) in [5.41, 5.74) is 7.36. The SMILES string of the molecule is C=c1nc(C(C)C)nc2c1=C(C(C)C)NN2. The highest BCUT2D eigenvalue weighted by Crippen LogP contribution is 2.13. The van der Waals surface area contributed by atoms with Gasteiger partial charge >= 0.3 is 0 Å². The second-order valence-electron chi connectivity index (χ2n) is 4.73. The van der Waals surface area contributed by atoms with Crippen molar-refractivity contribution in [2.45, 2.75) is 33.6 Å². The van der Waals surface area contributed by atoms with Crippen molar-refractivity contribution >= 4 is 18.1 Å². The van der Waals surface area contributed by atoms with Crippen molar-refractivity contribution < 1.29 is 0 Å². The van der Waals surface area contributed by atoms with E-state index in [1.807, 2.05) is 0 Å². The van der Waals surface area contributed by atoms with Crippen LogP contribution in [0.3, 0.4) is 0 Å². The first-order chi connectivity index (χ1) is 7.50. The van der Waals surface area contributed by atoms with E-state index >= 15 is 0 Å². The van der Waals surface area contributed by atoms with Crippen LogP contribution in [0.4, 0.5) is 5.82 Å². The fourth-order valence-corrected chi connectivity index (χ4v) is 1.78. The molecule has 2 heterocycles. The van der Waals surface area contributed by atoms with Crippen LogP contribution >= 0.6 is 0 Å². The van der Waals surface area contributed by atoms with E-state index < -0.39 is 0 Å². The maximum atomic E-state index is 4.50. The molecule has 1 aliphatic heterocycles. The van der Waals surface area contributed by atoms with Gasteiger partial charge in [-0.05, 0) is 5.92 Å². The lowest BCUT2D eigenvalue weighted by Gasteiger charge is -2.06. The fourth-order valence-electron chi connectivity index (χ4n) is 1.78. The molecular formula is C12H18N4. The second-order valence-corrected chi connectivity index (χ2v) is 4.73. The molecule has 0 radical (unpaired) electrons. The van der Waals surface area contributed by atoms with Crippen LogP contribution in [-0.2, 0) is 0 Å². The molecule has 1 aliphatic rings. The number of anilines is 1. The zero-order chi connectivity index (χ0) is 11.9. The van der Waals surface area contributed by atoms with Gasteiger partial charge in [-0.15, -0.1) is 0 Å². The Morgan fingerprint density at radius 3 is 2.25 bits per heavy atom. The standard InChI is InChI=1S/C12H18N4/c1-6(2)10-9-8(5)13-11(7(3)4)14-12(9)16-15-10/h6-7H,5H2,1-4H3,(H2,13,14,15,16). The Bertz CT molecular complexity index is 517. The molecule has 0 fully saturated rings. The lowest BCUT2D eigenvalue weighted by Crippen LogP contribution is -2.32. The summed E-state index contributed by atoms with van der Waals surface area (Å²) in [5.74, 6) is 2.41. The van der Waals surface area contributed by atoms with Crippen LogP contribution in [0.2, 0.25) is 0 Å². The molecular weight excluding hydrogens is 200 g/mol. The van der Waals surface area contributed by atoms with Gasteiger partial charge in [0.1, 0.15) is 5.82 Å². The quantitative estimate of drug-likeness (QED) is 0.767. The minimum atomic E-state index is 0.315. The average molecular weight is 218 g/mol. The predicted octanol–water partition coefficient (Wildman–Crippen LogP) is 0.705. The normalized spacial score (nSPS) is 14.0. The van der Waals surface area contributed by atoms with E-state index in [0.717, 1.165) is 27.9 Å². The summed E-state index contributed by atoms with van der Waals surface area (Å²) in [4.78, 5) is 8.95. The van der Waals surface area contributed by atoms with Crippen molar-refractivity contribution in [3.05, 3.63) is 16.4 Å². The van der Waals surface area contributed by atoms with Crippen molar-refractivity contribution in [3.63, 3.8) is 0 Å². The molecule has 4 heteroatoms. The van der Waals surface area contributed by atoms with Crippen molar-refractivity contribution in [2.75, 3.05) is 5.43 Å². The Hall–Kier alpha value is -1.58. The van der Waals surface area contributed by atoms with Crippen LogP contribution in [-0.4, -0.2) is 9.97 Å². The minimum Gasteiger partial charge on any atom is -0.303 e. The molecule has 86 valence electrons. The Morgan fingerprint density at radius 2 is 1.69 bits per heavy atom. The van der Waals surface area contributed by atoms with Crippen LogP contribution in [0.25, 0.3) is 12.3 Å². The Labute approximate surface area is 95.5 Å². The topological polar surface area (TPSA) is 49.8 Å². The molecule has 1 aromatic rings. The monoisotopic (exact) mass is 218 g/mol. The fraction of sp³-hybridized carbons (Fsp3) is 0.500. The first-order valence-electron chi connectivity index (χ1n) is 5.63. The van der Waals surface area contributed by atoms with Gasteiger partial charge in [-0.25, -0.2) is 9.97 Å². The Kier molecular flexibility index (Phi) is 2.58. The predicted molar refractivity (Wildman–Crippen MR) is 65.9 cm³/mol. The number of hydrazine groups is 1. The summed E-state index contributed by atoms with van der Waals surface area (Å²) in [7, 11) is 0. The van der Waals surface area contributed by atoms with Crippen molar-refractivity contribution in [1.82, 2.24) is 15.4 Å². The molecule has 4 nitrogen and oxygen atoms in total. The maximum absolute atomic E-state index is 4.50. The first kappa shape index (κ1) is 10.9. The molecule has 0 saturated carbocycles. The number of fused-ring (bicyclic) bond motifs is 1. The van der Waals surface area contributed by atoms with E-state index in [-0.39, 0.29) is 0 Å². The maximum Gasteiger partial charge on any atom is 0.157 e. The number of nitrogens with one attached hydrogen (secondary N) is 2. The van der Waals surface area contributed by atoms with E-state index in [4.69, 9.17) is 0 Å². The van der Waals surface area contributed by atoms with Gasteiger partial charge in [0.2, 0.25) is 0 Å². The lowest BCUT2D eigenvalue weighted by molar-refractivity contribution is 0.767. The van der Waals surface area contributed by atoms with Gasteiger partial charge in [0.25, 0.3) is 0 Å². The summed E-state index contributed by atoms with van der Waals surface area (Å²) >= 11 is 0. The van der Waals surface area contributed by atoms with E-state index in [2.05, 4.69) is 55.1 Å². The third-order valence-corrected chi connectivity index (χ3v) is 2.68. The van der Waals surface area contributed by atoms with Crippen LogP contribution < -0.4 is 21.4 Å². The lowest BCUT2D eigenvalue weighted by atomic mass is 10.1. The average Bonchev–Trinajstić information content (AvgIpc) is 2.61. The van der Waals surface area contributed by atoms with Gasteiger partial charge in [-0.1, -0.05) is 34.3 Å². The summed E-state index contributed by atoms with van der Waals surface area (Å²) in [6, 6.07) is 0. The van der Waals surface area contributed by atoms with Crippen LogP contribution in [0.15, 0.2) is 0 Å². The van der Waals surface area contributed by atoms with Crippen molar-refractivity contribution in [2.24, 2.45) is 5.92 Å². The number of nitrogens with zero attached hydrogens (tertiary/aromatic N) is 2. The molecule has 0 saturated heterocycles. The molecule has 0 spiro atoms. The van der Waals surface area contributed by atoms with E-state index in [9.17, 15) is 0 Å². The minimum absolute atomic E-state index is 0.315. The number of rotatable bonds is 2. The molecule has 16 heavy (non-hydrogen) atoms. The molecule has 0 amide bonds. The Balaban J connectivity index is 2.69. The number of hydrogen-bond donors (Lipinski definition) is 2. The number of aromatic nitrogens is 2. The largest absolute Gasteiger partial charge is 0.303 e. The number of hydrogen-bond acceptors (Lipinski definition) is 4. The van der Waals surface area contributed by atoms with Gasteiger partial charge in [0.05, 0.1) is 10.6 Å².